The first kappa shape index (κ1) is 11.8. The molecule has 0 amide bonds. The van der Waals surface area contributed by atoms with Crippen LogP contribution in [0.5, 0.6) is 0 Å². The lowest BCUT2D eigenvalue weighted by Gasteiger charge is -2.12. The summed E-state index contributed by atoms with van der Waals surface area (Å²) in [7, 11) is 0. The van der Waals surface area contributed by atoms with Crippen molar-refractivity contribution in [3.05, 3.63) is 0 Å². The Morgan fingerprint density at radius 2 is 1.73 bits per heavy atom. The molecule has 0 aliphatic carbocycles. The van der Waals surface area contributed by atoms with Crippen molar-refractivity contribution in [3.8, 4) is 0 Å². The fourth-order valence-corrected chi connectivity index (χ4v) is 1.07. The third-order valence-corrected chi connectivity index (χ3v) is 1.76. The Bertz CT molecular complexity index is 90.2. The third-order valence-electron chi connectivity index (χ3n) is 1.36. The summed E-state index contributed by atoms with van der Waals surface area (Å²) >= 11 is 16.4. The highest BCUT2D eigenvalue weighted by Gasteiger charge is 2.16. The van der Waals surface area contributed by atoms with Crippen molar-refractivity contribution in [3.63, 3.8) is 0 Å². The van der Waals surface area contributed by atoms with Crippen LogP contribution in [0.4, 0.5) is 0 Å². The van der Waals surface area contributed by atoms with Crippen LogP contribution in [0.2, 0.25) is 0 Å². The molecule has 1 N–H and O–H groups in total. The van der Waals surface area contributed by atoms with Gasteiger partial charge in [-0.15, -0.1) is 0 Å². The summed E-state index contributed by atoms with van der Waals surface area (Å²) in [5.74, 6) is 0. The summed E-state index contributed by atoms with van der Waals surface area (Å²) in [5.41, 5.74) is 0. The van der Waals surface area contributed by atoms with Gasteiger partial charge in [-0.1, -0.05) is 61.0 Å². The first-order valence-electron chi connectivity index (χ1n) is 3.88. The Labute approximate surface area is 83.4 Å². The Balaban J connectivity index is 3.02. The Morgan fingerprint density at radius 3 is 2.18 bits per heavy atom. The van der Waals surface area contributed by atoms with Gasteiger partial charge in [0, 0.05) is 0 Å². The van der Waals surface area contributed by atoms with Gasteiger partial charge in [-0.3, -0.25) is 5.32 Å². The number of nitrogens with one attached hydrogen (secondary N) is 1. The molecule has 11 heavy (non-hydrogen) atoms. The Morgan fingerprint density at radius 1 is 1.09 bits per heavy atom. The number of rotatable bonds is 5. The van der Waals surface area contributed by atoms with Crippen molar-refractivity contribution in [1.82, 2.24) is 5.32 Å². The van der Waals surface area contributed by atoms with Gasteiger partial charge in [0.2, 0.25) is 3.92 Å². The van der Waals surface area contributed by atoms with Crippen molar-refractivity contribution in [2.45, 2.75) is 36.5 Å². The fourth-order valence-electron chi connectivity index (χ4n) is 0.782. The second kappa shape index (κ2) is 6.36. The third kappa shape index (κ3) is 10.8. The molecule has 0 saturated carbocycles. The van der Waals surface area contributed by atoms with E-state index in [0.717, 1.165) is 13.0 Å². The predicted octanol–water partition coefficient (Wildman–Crippen LogP) is 3.48. The molecule has 0 aliphatic heterocycles. The van der Waals surface area contributed by atoms with E-state index in [1.165, 1.54) is 19.3 Å². The second-order valence-corrected chi connectivity index (χ2v) is 4.77. The average Bonchev–Trinajstić information content (AvgIpc) is 1.85. The maximum Gasteiger partial charge on any atom is 0.245 e. The van der Waals surface area contributed by atoms with Gasteiger partial charge in [0.05, 0.1) is 0 Å². The van der Waals surface area contributed by atoms with E-state index in [1.54, 1.807) is 0 Å². The zero-order valence-electron chi connectivity index (χ0n) is 6.67. The standard InChI is InChI=1S/C7H14Cl3N/c1-2-3-4-5-6-11-7(8,9)10/h11H,2-6H2,1H3. The molecule has 0 fully saturated rings. The zero-order chi connectivity index (χ0) is 8.74. The summed E-state index contributed by atoms with van der Waals surface area (Å²) in [6, 6.07) is 0. The van der Waals surface area contributed by atoms with Crippen LogP contribution in [0.15, 0.2) is 0 Å². The summed E-state index contributed by atoms with van der Waals surface area (Å²) in [6.07, 6.45) is 4.75. The van der Waals surface area contributed by atoms with E-state index in [2.05, 4.69) is 12.2 Å². The highest BCUT2D eigenvalue weighted by Crippen LogP contribution is 2.21. The number of alkyl halides is 3. The molecule has 1 nitrogen and oxygen atoms in total. The highest BCUT2D eigenvalue weighted by atomic mass is 35.6. The predicted molar refractivity (Wildman–Crippen MR) is 52.4 cm³/mol. The van der Waals surface area contributed by atoms with Gasteiger partial charge in [0.25, 0.3) is 0 Å². The van der Waals surface area contributed by atoms with Crippen LogP contribution in [0.25, 0.3) is 0 Å². The number of halogens is 3. The maximum atomic E-state index is 5.47. The molecule has 68 valence electrons. The van der Waals surface area contributed by atoms with E-state index in [0.29, 0.717) is 0 Å². The summed E-state index contributed by atoms with van der Waals surface area (Å²) < 4.78 is -1.29. The lowest BCUT2D eigenvalue weighted by molar-refractivity contribution is 0.606. The van der Waals surface area contributed by atoms with Crippen LogP contribution < -0.4 is 5.32 Å². The molecule has 0 saturated heterocycles. The fraction of sp³-hybridized carbons (Fsp3) is 1.00. The lowest BCUT2D eigenvalue weighted by atomic mass is 10.2. The van der Waals surface area contributed by atoms with Crippen LogP contribution in [0.1, 0.15) is 32.6 Å². The largest absolute Gasteiger partial charge is 0.273 e. The molecule has 0 heterocycles. The van der Waals surface area contributed by atoms with E-state index in [4.69, 9.17) is 34.8 Å². The maximum absolute atomic E-state index is 5.47. The molecule has 0 atom stereocenters. The molecule has 0 aromatic heterocycles. The molecule has 0 radical (unpaired) electrons. The van der Waals surface area contributed by atoms with E-state index < -0.39 is 3.92 Å². The molecule has 0 spiro atoms. The average molecular weight is 219 g/mol. The summed E-state index contributed by atoms with van der Waals surface area (Å²) in [5, 5.41) is 2.78. The zero-order valence-corrected chi connectivity index (χ0v) is 8.94. The molecule has 4 heteroatoms. The van der Waals surface area contributed by atoms with E-state index in [-0.39, 0.29) is 0 Å². The van der Waals surface area contributed by atoms with Gasteiger partial charge in [0.1, 0.15) is 0 Å². The lowest BCUT2D eigenvalue weighted by Crippen LogP contribution is -2.28. The SMILES string of the molecule is CCCCCCNC(Cl)(Cl)Cl. The first-order chi connectivity index (χ1) is 5.06. The molecule has 0 aromatic rings. The monoisotopic (exact) mass is 217 g/mol. The van der Waals surface area contributed by atoms with E-state index in [9.17, 15) is 0 Å². The van der Waals surface area contributed by atoms with E-state index in [1.807, 2.05) is 0 Å². The van der Waals surface area contributed by atoms with Crippen LogP contribution in [-0.4, -0.2) is 10.5 Å². The van der Waals surface area contributed by atoms with Crippen molar-refractivity contribution < 1.29 is 0 Å². The van der Waals surface area contributed by atoms with Gasteiger partial charge in [-0.05, 0) is 13.0 Å². The normalized spacial score (nSPS) is 12.0. The van der Waals surface area contributed by atoms with Crippen molar-refractivity contribution in [1.29, 1.82) is 0 Å². The first-order valence-corrected chi connectivity index (χ1v) is 5.01. The summed E-state index contributed by atoms with van der Waals surface area (Å²) in [6.45, 7) is 2.94. The minimum Gasteiger partial charge on any atom is -0.273 e. The Kier molecular flexibility index (Phi) is 6.84. The van der Waals surface area contributed by atoms with Crippen molar-refractivity contribution in [2.75, 3.05) is 6.54 Å². The molecule has 0 bridgehead atoms. The molecular weight excluding hydrogens is 204 g/mol. The van der Waals surface area contributed by atoms with Gasteiger partial charge < -0.3 is 0 Å². The van der Waals surface area contributed by atoms with Crippen molar-refractivity contribution >= 4 is 34.8 Å². The topological polar surface area (TPSA) is 12.0 Å². The van der Waals surface area contributed by atoms with Crippen LogP contribution in [0, 0.1) is 0 Å². The minimum atomic E-state index is -1.29. The van der Waals surface area contributed by atoms with Crippen LogP contribution in [0.3, 0.4) is 0 Å². The van der Waals surface area contributed by atoms with Crippen molar-refractivity contribution in [2.24, 2.45) is 0 Å². The quantitative estimate of drug-likeness (QED) is 0.423. The molecule has 0 aromatic carbocycles. The minimum absolute atomic E-state index is 0.774. The van der Waals surface area contributed by atoms with Gasteiger partial charge in [0.15, 0.2) is 0 Å². The van der Waals surface area contributed by atoms with Gasteiger partial charge in [-0.25, -0.2) is 0 Å². The molecule has 0 aliphatic rings. The Hall–Kier alpha value is 0.830. The second-order valence-electron chi connectivity index (χ2n) is 2.49. The molecular formula is C7H14Cl3N. The summed E-state index contributed by atoms with van der Waals surface area (Å²) in [4.78, 5) is 0. The molecule has 0 rings (SSSR count). The van der Waals surface area contributed by atoms with Gasteiger partial charge >= 0.3 is 0 Å². The number of hydrogen-bond acceptors (Lipinski definition) is 1. The van der Waals surface area contributed by atoms with Crippen LogP contribution in [-0.2, 0) is 0 Å². The molecule has 0 unspecified atom stereocenters. The number of hydrogen-bond donors (Lipinski definition) is 1. The van der Waals surface area contributed by atoms with Crippen LogP contribution >= 0.6 is 34.8 Å². The highest BCUT2D eigenvalue weighted by molar-refractivity contribution is 6.67. The van der Waals surface area contributed by atoms with Gasteiger partial charge in [-0.2, -0.15) is 0 Å². The van der Waals surface area contributed by atoms with E-state index >= 15 is 0 Å². The smallest absolute Gasteiger partial charge is 0.245 e. The number of unbranched alkanes of at least 4 members (excludes halogenated alkanes) is 3.